The number of aromatic nitrogens is 3. The Balaban J connectivity index is 2.87. The molecule has 2 N–H and O–H groups in total. The Morgan fingerprint density at radius 1 is 1.42 bits per heavy atom. The van der Waals surface area contributed by atoms with E-state index >= 15 is 0 Å². The van der Waals surface area contributed by atoms with Gasteiger partial charge in [0.05, 0.1) is 18.5 Å². The molecule has 5 nitrogen and oxygen atoms in total. The Hall–Kier alpha value is -1.23. The Bertz CT molecular complexity index is 264. The van der Waals surface area contributed by atoms with Crippen molar-refractivity contribution in [3.8, 4) is 6.01 Å². The monoisotopic (exact) mass is 168 g/mol. The average molecular weight is 168 g/mol. The molecular weight excluding hydrogens is 156 g/mol. The largest absolute Gasteiger partial charge is 0.466 e. The number of methoxy groups -OCH3 is 1. The first-order chi connectivity index (χ1) is 5.77. The Kier molecular flexibility index (Phi) is 2.93. The molecule has 0 aromatic carbocycles. The molecule has 1 rings (SSSR count). The van der Waals surface area contributed by atoms with Gasteiger partial charge in [-0.15, -0.1) is 5.10 Å². The number of hydrogen-bond acceptors (Lipinski definition) is 5. The minimum atomic E-state index is 0.299. The summed E-state index contributed by atoms with van der Waals surface area (Å²) in [6.07, 6.45) is 0.704. The van der Waals surface area contributed by atoms with Crippen molar-refractivity contribution in [3.05, 3.63) is 11.4 Å². The van der Waals surface area contributed by atoms with Gasteiger partial charge in [0.2, 0.25) is 0 Å². The maximum Gasteiger partial charge on any atom is 0.335 e. The zero-order valence-corrected chi connectivity index (χ0v) is 7.24. The van der Waals surface area contributed by atoms with Crippen LogP contribution in [0.4, 0.5) is 0 Å². The molecule has 5 heteroatoms. The number of nitrogens with zero attached hydrogens (tertiary/aromatic N) is 3. The van der Waals surface area contributed by atoms with Crippen LogP contribution in [0.25, 0.3) is 0 Å². The van der Waals surface area contributed by atoms with Crippen LogP contribution < -0.4 is 10.5 Å². The maximum atomic E-state index is 5.37. The van der Waals surface area contributed by atoms with Crippen molar-refractivity contribution < 1.29 is 4.74 Å². The van der Waals surface area contributed by atoms with Gasteiger partial charge in [-0.25, -0.2) is 0 Å². The fourth-order valence-corrected chi connectivity index (χ4v) is 0.860. The zero-order chi connectivity index (χ0) is 8.97. The molecule has 0 aliphatic carbocycles. The molecule has 0 aliphatic heterocycles. The van der Waals surface area contributed by atoms with E-state index in [0.29, 0.717) is 19.0 Å². The van der Waals surface area contributed by atoms with Crippen molar-refractivity contribution >= 4 is 0 Å². The molecule has 1 heterocycles. The van der Waals surface area contributed by atoms with E-state index in [1.54, 1.807) is 0 Å². The Morgan fingerprint density at radius 3 is 2.67 bits per heavy atom. The smallest absolute Gasteiger partial charge is 0.335 e. The lowest BCUT2D eigenvalue weighted by Gasteiger charge is -2.02. The zero-order valence-electron chi connectivity index (χ0n) is 7.24. The molecule has 66 valence electrons. The van der Waals surface area contributed by atoms with Crippen molar-refractivity contribution in [1.82, 2.24) is 15.2 Å². The van der Waals surface area contributed by atoms with Gasteiger partial charge in [0.1, 0.15) is 0 Å². The summed E-state index contributed by atoms with van der Waals surface area (Å²) < 4.78 is 4.81. The third kappa shape index (κ3) is 1.88. The van der Waals surface area contributed by atoms with Gasteiger partial charge in [0, 0.05) is 6.42 Å². The summed E-state index contributed by atoms with van der Waals surface area (Å²) >= 11 is 0. The van der Waals surface area contributed by atoms with Gasteiger partial charge >= 0.3 is 6.01 Å². The summed E-state index contributed by atoms with van der Waals surface area (Å²) in [5, 5.41) is 7.66. The summed E-state index contributed by atoms with van der Waals surface area (Å²) in [5.41, 5.74) is 7.03. The van der Waals surface area contributed by atoms with Gasteiger partial charge in [0.25, 0.3) is 0 Å². The van der Waals surface area contributed by atoms with Gasteiger partial charge in [0.15, 0.2) is 0 Å². The molecule has 0 atom stereocenters. The third-order valence-electron chi connectivity index (χ3n) is 1.50. The van der Waals surface area contributed by atoms with Gasteiger partial charge in [-0.1, -0.05) is 5.10 Å². The van der Waals surface area contributed by atoms with Gasteiger partial charge in [-0.05, 0) is 13.5 Å². The summed E-state index contributed by atoms with van der Waals surface area (Å²) in [7, 11) is 1.51. The Labute approximate surface area is 71.0 Å². The molecule has 0 spiro atoms. The highest BCUT2D eigenvalue weighted by Gasteiger charge is 2.03. The molecule has 0 amide bonds. The second-order valence-electron chi connectivity index (χ2n) is 2.37. The second kappa shape index (κ2) is 3.96. The fraction of sp³-hybridized carbons (Fsp3) is 0.571. The number of aryl methyl sites for hydroxylation is 1. The predicted octanol–water partition coefficient (Wildman–Crippen LogP) is -0.310. The predicted molar refractivity (Wildman–Crippen MR) is 43.9 cm³/mol. The molecule has 0 bridgehead atoms. The molecular formula is C7H12N4O. The fourth-order valence-electron chi connectivity index (χ4n) is 0.860. The van der Waals surface area contributed by atoms with Crippen LogP contribution in [-0.4, -0.2) is 28.8 Å². The average Bonchev–Trinajstić information content (AvgIpc) is 2.09. The molecule has 1 aromatic heterocycles. The second-order valence-corrected chi connectivity index (χ2v) is 2.37. The molecule has 1 aromatic rings. The number of ether oxygens (including phenoxy) is 1. The number of rotatable bonds is 3. The standard InChI is InChI=1S/C7H12N4O/c1-5-6(3-4-8)10-11-7(9-5)12-2/h3-4,8H2,1-2H3. The molecule has 0 fully saturated rings. The van der Waals surface area contributed by atoms with E-state index in [4.69, 9.17) is 10.5 Å². The van der Waals surface area contributed by atoms with Crippen molar-refractivity contribution in [1.29, 1.82) is 0 Å². The van der Waals surface area contributed by atoms with Crippen molar-refractivity contribution in [2.75, 3.05) is 13.7 Å². The van der Waals surface area contributed by atoms with E-state index in [0.717, 1.165) is 11.4 Å². The van der Waals surface area contributed by atoms with Crippen LogP contribution in [-0.2, 0) is 6.42 Å². The van der Waals surface area contributed by atoms with E-state index in [-0.39, 0.29) is 0 Å². The SMILES string of the molecule is COc1nnc(CCN)c(C)n1. The molecule has 0 saturated carbocycles. The highest BCUT2D eigenvalue weighted by atomic mass is 16.5. The van der Waals surface area contributed by atoms with Gasteiger partial charge in [-0.3, -0.25) is 0 Å². The third-order valence-corrected chi connectivity index (χ3v) is 1.50. The molecule has 0 unspecified atom stereocenters. The molecule has 0 saturated heterocycles. The van der Waals surface area contributed by atoms with Crippen molar-refractivity contribution in [3.63, 3.8) is 0 Å². The molecule has 12 heavy (non-hydrogen) atoms. The minimum absolute atomic E-state index is 0.299. The molecule has 0 aliphatic rings. The van der Waals surface area contributed by atoms with E-state index in [9.17, 15) is 0 Å². The first kappa shape index (κ1) is 8.86. The Morgan fingerprint density at radius 2 is 2.17 bits per heavy atom. The van der Waals surface area contributed by atoms with Crippen LogP contribution in [0.2, 0.25) is 0 Å². The van der Waals surface area contributed by atoms with Crippen LogP contribution >= 0.6 is 0 Å². The maximum absolute atomic E-state index is 5.37. The van der Waals surface area contributed by atoms with Gasteiger partial charge in [-0.2, -0.15) is 4.98 Å². The number of nitrogens with two attached hydrogens (primary N) is 1. The van der Waals surface area contributed by atoms with Crippen LogP contribution in [0.3, 0.4) is 0 Å². The van der Waals surface area contributed by atoms with Crippen LogP contribution in [0.5, 0.6) is 6.01 Å². The van der Waals surface area contributed by atoms with E-state index in [2.05, 4.69) is 15.2 Å². The quantitative estimate of drug-likeness (QED) is 0.670. The lowest BCUT2D eigenvalue weighted by atomic mass is 10.2. The van der Waals surface area contributed by atoms with Crippen molar-refractivity contribution in [2.24, 2.45) is 5.73 Å². The first-order valence-electron chi connectivity index (χ1n) is 3.72. The lowest BCUT2D eigenvalue weighted by molar-refractivity contribution is 0.370. The van der Waals surface area contributed by atoms with E-state index in [1.165, 1.54) is 7.11 Å². The molecule has 0 radical (unpaired) electrons. The number of hydrogen-bond donors (Lipinski definition) is 1. The van der Waals surface area contributed by atoms with Gasteiger partial charge < -0.3 is 10.5 Å². The van der Waals surface area contributed by atoms with Crippen LogP contribution in [0.15, 0.2) is 0 Å². The highest BCUT2D eigenvalue weighted by molar-refractivity contribution is 5.10. The summed E-state index contributed by atoms with van der Waals surface area (Å²) in [6.45, 7) is 2.42. The summed E-state index contributed by atoms with van der Waals surface area (Å²) in [4.78, 5) is 4.06. The first-order valence-corrected chi connectivity index (χ1v) is 3.72. The normalized spacial score (nSPS) is 9.92. The summed E-state index contributed by atoms with van der Waals surface area (Å²) in [5.74, 6) is 0. The lowest BCUT2D eigenvalue weighted by Crippen LogP contribution is -2.09. The topological polar surface area (TPSA) is 73.9 Å². The van der Waals surface area contributed by atoms with Crippen LogP contribution in [0.1, 0.15) is 11.4 Å². The van der Waals surface area contributed by atoms with E-state index in [1.807, 2.05) is 6.92 Å². The highest BCUT2D eigenvalue weighted by Crippen LogP contribution is 2.04. The van der Waals surface area contributed by atoms with E-state index < -0.39 is 0 Å². The van der Waals surface area contributed by atoms with Crippen molar-refractivity contribution in [2.45, 2.75) is 13.3 Å². The minimum Gasteiger partial charge on any atom is -0.466 e. The summed E-state index contributed by atoms with van der Waals surface area (Å²) in [6, 6.07) is 0.299. The van der Waals surface area contributed by atoms with Crippen LogP contribution in [0, 0.1) is 6.92 Å².